The number of ether oxygens (including phenoxy) is 1. The molecule has 1 unspecified atom stereocenters. The summed E-state index contributed by atoms with van der Waals surface area (Å²) in [7, 11) is 3.64. The van der Waals surface area contributed by atoms with E-state index in [0.29, 0.717) is 5.92 Å². The summed E-state index contributed by atoms with van der Waals surface area (Å²) in [4.78, 5) is 11.8. The Labute approximate surface area is 200 Å². The van der Waals surface area contributed by atoms with Crippen LogP contribution in [0.3, 0.4) is 0 Å². The molecule has 30 heavy (non-hydrogen) atoms. The molecule has 0 spiro atoms. The van der Waals surface area contributed by atoms with E-state index in [-0.39, 0.29) is 24.0 Å². The quantitative estimate of drug-likeness (QED) is 0.356. The number of piperazine rings is 1. The van der Waals surface area contributed by atoms with Gasteiger partial charge in [0.2, 0.25) is 0 Å². The third-order valence-electron chi connectivity index (χ3n) is 5.87. The molecule has 8 heteroatoms. The molecule has 0 bridgehead atoms. The summed E-state index contributed by atoms with van der Waals surface area (Å²) in [5, 5.41) is 7.15. The third-order valence-corrected chi connectivity index (χ3v) is 6.80. The van der Waals surface area contributed by atoms with E-state index in [2.05, 4.69) is 54.7 Å². The molecule has 2 saturated heterocycles. The fourth-order valence-corrected chi connectivity index (χ4v) is 5.05. The number of methoxy groups -OCH3 is 1. The first-order valence-electron chi connectivity index (χ1n) is 10.4. The first-order valence-corrected chi connectivity index (χ1v) is 11.3. The SMILES string of the molecule is CN=C(NCC1CCN(c2ccccc2OC)C1)N1CCN(c2cccs2)CC1.I. The summed E-state index contributed by atoms with van der Waals surface area (Å²) >= 11 is 1.82. The average Bonchev–Trinajstić information content (AvgIpc) is 3.47. The summed E-state index contributed by atoms with van der Waals surface area (Å²) in [5.41, 5.74) is 1.20. The van der Waals surface area contributed by atoms with Crippen molar-refractivity contribution >= 4 is 52.0 Å². The van der Waals surface area contributed by atoms with E-state index in [1.54, 1.807) is 7.11 Å². The number of thiophene rings is 1. The van der Waals surface area contributed by atoms with E-state index >= 15 is 0 Å². The zero-order valence-corrected chi connectivity index (χ0v) is 20.9. The van der Waals surface area contributed by atoms with Crippen molar-refractivity contribution in [2.24, 2.45) is 10.9 Å². The van der Waals surface area contributed by atoms with E-state index in [0.717, 1.165) is 57.5 Å². The Morgan fingerprint density at radius 1 is 1.10 bits per heavy atom. The maximum atomic E-state index is 5.54. The van der Waals surface area contributed by atoms with Crippen LogP contribution >= 0.6 is 35.3 Å². The molecule has 6 nitrogen and oxygen atoms in total. The second kappa shape index (κ2) is 11.1. The lowest BCUT2D eigenvalue weighted by Crippen LogP contribution is -2.53. The van der Waals surface area contributed by atoms with Gasteiger partial charge in [-0.3, -0.25) is 4.99 Å². The summed E-state index contributed by atoms with van der Waals surface area (Å²) in [6, 6.07) is 12.6. The van der Waals surface area contributed by atoms with Gasteiger partial charge < -0.3 is 24.8 Å². The number of benzene rings is 1. The fourth-order valence-electron chi connectivity index (χ4n) is 4.27. The van der Waals surface area contributed by atoms with E-state index in [4.69, 9.17) is 4.74 Å². The van der Waals surface area contributed by atoms with Gasteiger partial charge in [-0.05, 0) is 42.0 Å². The van der Waals surface area contributed by atoms with E-state index in [9.17, 15) is 0 Å². The number of rotatable bonds is 5. The van der Waals surface area contributed by atoms with Gasteiger partial charge in [-0.1, -0.05) is 12.1 Å². The Morgan fingerprint density at radius 2 is 1.90 bits per heavy atom. The first kappa shape index (κ1) is 23.0. The molecule has 1 atom stereocenters. The zero-order valence-electron chi connectivity index (χ0n) is 17.8. The molecule has 1 N–H and O–H groups in total. The van der Waals surface area contributed by atoms with Crippen LogP contribution in [0.25, 0.3) is 0 Å². The molecule has 164 valence electrons. The van der Waals surface area contributed by atoms with Gasteiger partial charge >= 0.3 is 0 Å². The molecule has 3 heterocycles. The molecule has 0 saturated carbocycles. The minimum absolute atomic E-state index is 0. The Hall–Kier alpha value is -1.68. The van der Waals surface area contributed by atoms with Gasteiger partial charge in [-0.2, -0.15) is 0 Å². The van der Waals surface area contributed by atoms with Crippen molar-refractivity contribution in [3.8, 4) is 5.75 Å². The lowest BCUT2D eigenvalue weighted by molar-refractivity contribution is 0.370. The predicted molar refractivity (Wildman–Crippen MR) is 138 cm³/mol. The van der Waals surface area contributed by atoms with Crippen LogP contribution in [0.5, 0.6) is 5.75 Å². The molecule has 2 aliphatic heterocycles. The van der Waals surface area contributed by atoms with Gasteiger partial charge in [0.1, 0.15) is 5.75 Å². The highest BCUT2D eigenvalue weighted by molar-refractivity contribution is 14.0. The van der Waals surface area contributed by atoms with Crippen molar-refractivity contribution in [2.45, 2.75) is 6.42 Å². The van der Waals surface area contributed by atoms with Crippen molar-refractivity contribution in [3.05, 3.63) is 41.8 Å². The van der Waals surface area contributed by atoms with Crippen LogP contribution in [0.2, 0.25) is 0 Å². The average molecular weight is 542 g/mol. The second-order valence-corrected chi connectivity index (χ2v) is 8.55. The number of nitrogens with zero attached hydrogens (tertiary/aromatic N) is 4. The molecular weight excluding hydrogens is 509 g/mol. The van der Waals surface area contributed by atoms with Gasteiger partial charge in [0.15, 0.2) is 5.96 Å². The molecule has 2 aliphatic rings. The highest BCUT2D eigenvalue weighted by Crippen LogP contribution is 2.31. The smallest absolute Gasteiger partial charge is 0.193 e. The summed E-state index contributed by atoms with van der Waals surface area (Å²) < 4.78 is 5.54. The van der Waals surface area contributed by atoms with Crippen LogP contribution in [-0.4, -0.2) is 70.8 Å². The number of anilines is 2. The molecule has 0 radical (unpaired) electrons. The van der Waals surface area contributed by atoms with Crippen molar-refractivity contribution in [2.75, 3.05) is 69.8 Å². The minimum Gasteiger partial charge on any atom is -0.495 e. The van der Waals surface area contributed by atoms with Crippen LogP contribution in [-0.2, 0) is 0 Å². The molecular formula is C22H32IN5OS. The van der Waals surface area contributed by atoms with Crippen molar-refractivity contribution in [1.82, 2.24) is 10.2 Å². The van der Waals surface area contributed by atoms with Gasteiger partial charge in [0, 0.05) is 52.9 Å². The van der Waals surface area contributed by atoms with Crippen LogP contribution < -0.4 is 19.9 Å². The molecule has 1 aromatic heterocycles. The lowest BCUT2D eigenvalue weighted by atomic mass is 10.1. The number of hydrogen-bond acceptors (Lipinski definition) is 5. The second-order valence-electron chi connectivity index (χ2n) is 7.63. The van der Waals surface area contributed by atoms with Crippen LogP contribution in [0.15, 0.2) is 46.8 Å². The zero-order chi connectivity index (χ0) is 20.1. The Balaban J connectivity index is 0.00000256. The van der Waals surface area contributed by atoms with Gasteiger partial charge in [-0.25, -0.2) is 0 Å². The molecule has 0 amide bonds. The number of nitrogens with one attached hydrogen (secondary N) is 1. The topological polar surface area (TPSA) is 43.3 Å². The number of hydrogen-bond donors (Lipinski definition) is 1. The maximum Gasteiger partial charge on any atom is 0.193 e. The minimum atomic E-state index is 0. The van der Waals surface area contributed by atoms with E-state index in [1.165, 1.54) is 17.1 Å². The lowest BCUT2D eigenvalue weighted by Gasteiger charge is -2.37. The van der Waals surface area contributed by atoms with Gasteiger partial charge in [-0.15, -0.1) is 35.3 Å². The number of guanidine groups is 1. The van der Waals surface area contributed by atoms with Crippen LogP contribution in [0.4, 0.5) is 10.7 Å². The standard InChI is InChI=1S/C22H31N5OS.HI/c1-23-22(26-13-11-25(12-14-26)21-8-5-15-29-21)24-16-18-9-10-27(17-18)19-6-3-4-7-20(19)28-2;/h3-8,15,18H,9-14,16-17H2,1-2H3,(H,23,24);1H. The van der Waals surface area contributed by atoms with Crippen molar-refractivity contribution in [1.29, 1.82) is 0 Å². The Bertz CT molecular complexity index is 808. The Morgan fingerprint density at radius 3 is 2.60 bits per heavy atom. The fraction of sp³-hybridized carbons (Fsp3) is 0.500. The highest BCUT2D eigenvalue weighted by Gasteiger charge is 2.26. The summed E-state index contributed by atoms with van der Waals surface area (Å²) in [5.74, 6) is 2.61. The van der Waals surface area contributed by atoms with E-state index in [1.807, 2.05) is 30.5 Å². The van der Waals surface area contributed by atoms with Crippen molar-refractivity contribution < 1.29 is 4.74 Å². The largest absolute Gasteiger partial charge is 0.495 e. The molecule has 0 aliphatic carbocycles. The number of aliphatic imine (C=N–C) groups is 1. The van der Waals surface area contributed by atoms with Gasteiger partial charge in [0.05, 0.1) is 17.8 Å². The van der Waals surface area contributed by atoms with Crippen molar-refractivity contribution in [3.63, 3.8) is 0 Å². The summed E-state index contributed by atoms with van der Waals surface area (Å²) in [6.07, 6.45) is 1.19. The molecule has 2 aromatic rings. The van der Waals surface area contributed by atoms with Crippen LogP contribution in [0.1, 0.15) is 6.42 Å². The maximum absolute atomic E-state index is 5.54. The number of halogens is 1. The first-order chi connectivity index (χ1) is 14.3. The van der Waals surface area contributed by atoms with E-state index < -0.39 is 0 Å². The predicted octanol–water partition coefficient (Wildman–Crippen LogP) is 3.60. The Kier molecular flexibility index (Phi) is 8.50. The third kappa shape index (κ3) is 5.32. The monoisotopic (exact) mass is 541 g/mol. The summed E-state index contributed by atoms with van der Waals surface area (Å²) in [6.45, 7) is 7.20. The molecule has 2 fully saturated rings. The van der Waals surface area contributed by atoms with Crippen LogP contribution in [0, 0.1) is 5.92 Å². The number of para-hydroxylation sites is 2. The normalized spacial score (nSPS) is 19.6. The highest BCUT2D eigenvalue weighted by atomic mass is 127. The molecule has 1 aromatic carbocycles. The van der Waals surface area contributed by atoms with Gasteiger partial charge in [0.25, 0.3) is 0 Å². The molecule has 4 rings (SSSR count).